The Kier molecular flexibility index (Phi) is 7.65. The summed E-state index contributed by atoms with van der Waals surface area (Å²) in [5.74, 6) is -1.38. The van der Waals surface area contributed by atoms with Crippen LogP contribution in [0.3, 0.4) is 0 Å². The number of allylic oxidation sites excluding steroid dienone is 1. The lowest BCUT2D eigenvalue weighted by Gasteiger charge is -2.40. The van der Waals surface area contributed by atoms with E-state index in [-0.39, 0.29) is 47.5 Å². The maximum absolute atomic E-state index is 14.3. The molecule has 0 unspecified atom stereocenters. The number of nitrogens with two attached hydrogens (primary N) is 1. The van der Waals surface area contributed by atoms with E-state index >= 15 is 0 Å². The first-order chi connectivity index (χ1) is 15.8. The second-order valence-electron chi connectivity index (χ2n) is 7.42. The summed E-state index contributed by atoms with van der Waals surface area (Å²) in [7, 11) is 0. The van der Waals surface area contributed by atoms with Crippen molar-refractivity contribution in [1.82, 2.24) is 20.6 Å². The molecule has 1 aliphatic rings. The molecule has 0 aliphatic carbocycles. The largest absolute Gasteiger partial charge is 0.396 e. The third kappa shape index (κ3) is 6.09. The zero-order chi connectivity index (χ0) is 24.0. The van der Waals surface area contributed by atoms with E-state index in [1.165, 1.54) is 19.1 Å². The average Bonchev–Trinajstić information content (AvgIpc) is 2.75. The zero-order valence-electron chi connectivity index (χ0n) is 18.3. The molecule has 0 spiro atoms. The molecular weight excluding hydrogens is 432 g/mol. The first-order valence-corrected chi connectivity index (χ1v) is 10.4. The topological polar surface area (TPSA) is 126 Å². The fraction of sp³-hybridized carbons (Fsp3) is 0.318. The minimum Gasteiger partial charge on any atom is -0.396 e. The molecule has 33 heavy (non-hydrogen) atoms. The van der Waals surface area contributed by atoms with E-state index in [2.05, 4.69) is 25.6 Å². The van der Waals surface area contributed by atoms with Crippen LogP contribution in [0, 0.1) is 11.6 Å². The minimum atomic E-state index is -0.636. The maximum Gasteiger partial charge on any atom is 0.315 e. The van der Waals surface area contributed by atoms with E-state index in [0.29, 0.717) is 25.2 Å². The Morgan fingerprint density at radius 1 is 1.27 bits per heavy atom. The lowest BCUT2D eigenvalue weighted by Crippen LogP contribution is -2.61. The van der Waals surface area contributed by atoms with Gasteiger partial charge in [-0.25, -0.2) is 23.5 Å². The van der Waals surface area contributed by atoms with E-state index in [1.54, 1.807) is 23.1 Å². The number of ketones is 1. The summed E-state index contributed by atoms with van der Waals surface area (Å²) in [5, 5.41) is 5.40. The fourth-order valence-electron chi connectivity index (χ4n) is 3.13. The number of halogens is 2. The predicted octanol–water partition coefficient (Wildman–Crippen LogP) is 1.79. The van der Waals surface area contributed by atoms with E-state index in [1.807, 2.05) is 6.92 Å². The van der Waals surface area contributed by atoms with Crippen molar-refractivity contribution >= 4 is 29.0 Å². The average molecular weight is 457 g/mol. The highest BCUT2D eigenvalue weighted by molar-refractivity contribution is 6.44. The van der Waals surface area contributed by atoms with Crippen molar-refractivity contribution in [3.8, 4) is 0 Å². The van der Waals surface area contributed by atoms with Gasteiger partial charge in [0.1, 0.15) is 11.5 Å². The highest BCUT2D eigenvalue weighted by Gasteiger charge is 2.31. The van der Waals surface area contributed by atoms with Crippen LogP contribution in [-0.4, -0.2) is 53.2 Å². The Labute approximate surface area is 189 Å². The summed E-state index contributed by atoms with van der Waals surface area (Å²) >= 11 is 0. The normalized spacial score (nSPS) is 14.6. The number of hydrogen-bond donors (Lipinski definition) is 3. The van der Waals surface area contributed by atoms with Gasteiger partial charge in [-0.3, -0.25) is 9.79 Å². The molecule has 174 valence electrons. The van der Waals surface area contributed by atoms with Gasteiger partial charge in [0, 0.05) is 32.1 Å². The summed E-state index contributed by atoms with van der Waals surface area (Å²) in [6.07, 6.45) is 2.28. The first-order valence-electron chi connectivity index (χ1n) is 10.4. The number of anilines is 1. The lowest BCUT2D eigenvalue weighted by molar-refractivity contribution is -0.111. The van der Waals surface area contributed by atoms with Crippen LogP contribution in [0.5, 0.6) is 0 Å². The van der Waals surface area contributed by atoms with E-state index in [9.17, 15) is 18.4 Å². The van der Waals surface area contributed by atoms with Crippen LogP contribution < -0.4 is 21.3 Å². The van der Waals surface area contributed by atoms with Crippen molar-refractivity contribution < 1.29 is 18.4 Å². The molecule has 0 radical (unpaired) electrons. The standard InChI is InChI=1S/C22H25F2N7O2/c1-3-26-22(33)29-15-11-31(12-15)21-17(24)10-28-20(30-21)18(25)8-19(13(2)32)27-9-14-6-4-5-7-16(14)23/h4-8,10,15H,3,9,11-12,25H2,1-2H3,(H2,26,29,33). The summed E-state index contributed by atoms with van der Waals surface area (Å²) in [4.78, 5) is 37.5. The number of benzene rings is 1. The molecule has 2 aromatic rings. The van der Waals surface area contributed by atoms with Gasteiger partial charge in [0.25, 0.3) is 0 Å². The third-order valence-electron chi connectivity index (χ3n) is 4.87. The van der Waals surface area contributed by atoms with Gasteiger partial charge in [0.2, 0.25) is 0 Å². The van der Waals surface area contributed by atoms with Crippen molar-refractivity contribution in [2.24, 2.45) is 10.7 Å². The summed E-state index contributed by atoms with van der Waals surface area (Å²) < 4.78 is 28.1. The number of nitrogens with one attached hydrogen (secondary N) is 2. The number of hydrogen-bond acceptors (Lipinski definition) is 7. The molecule has 1 fully saturated rings. The number of rotatable bonds is 8. The second-order valence-corrected chi connectivity index (χ2v) is 7.42. The third-order valence-corrected chi connectivity index (χ3v) is 4.87. The Morgan fingerprint density at radius 3 is 2.67 bits per heavy atom. The van der Waals surface area contributed by atoms with Crippen LogP contribution in [-0.2, 0) is 11.3 Å². The number of aliphatic imine (C=N–C) groups is 1. The molecule has 0 atom stereocenters. The molecule has 1 aliphatic heterocycles. The van der Waals surface area contributed by atoms with Gasteiger partial charge < -0.3 is 21.3 Å². The van der Waals surface area contributed by atoms with Crippen LogP contribution in [0.4, 0.5) is 19.4 Å². The Bertz CT molecular complexity index is 1100. The number of amides is 2. The van der Waals surface area contributed by atoms with Gasteiger partial charge in [0.05, 0.1) is 24.5 Å². The molecule has 2 amide bonds. The van der Waals surface area contributed by atoms with E-state index < -0.39 is 11.6 Å². The number of nitrogens with zero attached hydrogens (tertiary/aromatic N) is 4. The molecular formula is C22H25F2N7O2. The van der Waals surface area contributed by atoms with Gasteiger partial charge in [-0.05, 0) is 19.1 Å². The quantitative estimate of drug-likeness (QED) is 0.519. The van der Waals surface area contributed by atoms with E-state index in [4.69, 9.17) is 5.73 Å². The van der Waals surface area contributed by atoms with Crippen LogP contribution in [0.15, 0.2) is 41.5 Å². The first kappa shape index (κ1) is 23.8. The molecule has 3 rings (SSSR count). The van der Waals surface area contributed by atoms with Gasteiger partial charge in [-0.1, -0.05) is 18.2 Å². The molecule has 2 heterocycles. The SMILES string of the molecule is CCNC(=O)NC1CN(c2nc(C(N)=CC(=NCc3ccccc3F)C(C)=O)ncc2F)C1. The molecule has 1 aromatic carbocycles. The van der Waals surface area contributed by atoms with Crippen LogP contribution in [0.2, 0.25) is 0 Å². The number of aromatic nitrogens is 2. The fourth-order valence-corrected chi connectivity index (χ4v) is 3.13. The highest BCUT2D eigenvalue weighted by atomic mass is 19.1. The minimum absolute atomic E-state index is 0.0104. The van der Waals surface area contributed by atoms with Crippen molar-refractivity contribution in [3.63, 3.8) is 0 Å². The van der Waals surface area contributed by atoms with Crippen LogP contribution in [0.1, 0.15) is 25.2 Å². The van der Waals surface area contributed by atoms with Gasteiger partial charge in [0.15, 0.2) is 23.2 Å². The number of carbonyl (C=O) groups excluding carboxylic acids is 2. The number of carbonyl (C=O) groups is 2. The summed E-state index contributed by atoms with van der Waals surface area (Å²) in [5.41, 5.74) is 6.42. The van der Waals surface area contributed by atoms with Crippen molar-refractivity contribution in [2.75, 3.05) is 24.5 Å². The predicted molar refractivity (Wildman–Crippen MR) is 121 cm³/mol. The Morgan fingerprint density at radius 2 is 2.00 bits per heavy atom. The molecule has 11 heteroatoms. The second kappa shape index (κ2) is 10.6. The molecule has 4 N–H and O–H groups in total. The number of Topliss-reactive ketones (excluding diaryl/α,β-unsaturated/α-hetero) is 1. The maximum atomic E-state index is 14.3. The van der Waals surface area contributed by atoms with Gasteiger partial charge in [-0.2, -0.15) is 0 Å². The Hall–Kier alpha value is -3.89. The smallest absolute Gasteiger partial charge is 0.315 e. The van der Waals surface area contributed by atoms with Crippen molar-refractivity contribution in [3.05, 3.63) is 59.6 Å². The molecule has 1 saturated heterocycles. The summed E-state index contributed by atoms with van der Waals surface area (Å²) in [6, 6.07) is 5.68. The number of urea groups is 1. The Balaban J connectivity index is 1.74. The molecule has 0 saturated carbocycles. The van der Waals surface area contributed by atoms with E-state index in [0.717, 1.165) is 6.20 Å². The van der Waals surface area contributed by atoms with Crippen molar-refractivity contribution in [1.29, 1.82) is 0 Å². The zero-order valence-corrected chi connectivity index (χ0v) is 18.3. The molecule has 0 bridgehead atoms. The monoisotopic (exact) mass is 457 g/mol. The summed E-state index contributed by atoms with van der Waals surface area (Å²) in [6.45, 7) is 4.32. The highest BCUT2D eigenvalue weighted by Crippen LogP contribution is 2.22. The van der Waals surface area contributed by atoms with Crippen LogP contribution >= 0.6 is 0 Å². The van der Waals surface area contributed by atoms with Crippen LogP contribution in [0.25, 0.3) is 5.70 Å². The molecule has 9 nitrogen and oxygen atoms in total. The molecule has 1 aromatic heterocycles. The lowest BCUT2D eigenvalue weighted by atomic mass is 10.1. The van der Waals surface area contributed by atoms with Crippen molar-refractivity contribution in [2.45, 2.75) is 26.4 Å². The van der Waals surface area contributed by atoms with Gasteiger partial charge in [-0.15, -0.1) is 0 Å². The van der Waals surface area contributed by atoms with Gasteiger partial charge >= 0.3 is 6.03 Å².